The van der Waals surface area contributed by atoms with Crippen molar-refractivity contribution in [2.45, 2.75) is 19.4 Å². The smallest absolute Gasteiger partial charge is 0.363 e. The van der Waals surface area contributed by atoms with E-state index in [1.807, 2.05) is 13.8 Å². The van der Waals surface area contributed by atoms with E-state index in [1.54, 1.807) is 12.3 Å². The van der Waals surface area contributed by atoms with Crippen LogP contribution in [-0.4, -0.2) is 35.2 Å². The summed E-state index contributed by atoms with van der Waals surface area (Å²) in [7, 11) is 0. The van der Waals surface area contributed by atoms with Crippen LogP contribution in [0.2, 0.25) is 0 Å². The summed E-state index contributed by atoms with van der Waals surface area (Å²) in [5, 5.41) is 10.5. The molecule has 0 aliphatic carbocycles. The summed E-state index contributed by atoms with van der Waals surface area (Å²) >= 11 is 0. The minimum atomic E-state index is -0.493. The van der Waals surface area contributed by atoms with Gasteiger partial charge in [-0.05, 0) is 29.8 Å². The Kier molecular flexibility index (Phi) is 2.97. The van der Waals surface area contributed by atoms with Crippen LogP contribution in [-0.2, 0) is 4.74 Å². The number of ether oxygens (including phenoxy) is 1. The Morgan fingerprint density at radius 2 is 2.29 bits per heavy atom. The molecule has 0 radical (unpaired) electrons. The fraction of sp³-hybridized carbons (Fsp3) is 0.545. The van der Waals surface area contributed by atoms with E-state index in [2.05, 4.69) is 9.88 Å². The molecule has 0 N–H and O–H groups in total. The SMILES string of the molecule is CC1(C)CN(c2ccc([N+](=O)[O-])nc2)CCO1. The molecule has 2 heterocycles. The van der Waals surface area contributed by atoms with Gasteiger partial charge in [0.15, 0.2) is 6.20 Å². The number of pyridine rings is 1. The van der Waals surface area contributed by atoms with Crippen molar-refractivity contribution in [1.82, 2.24) is 4.98 Å². The lowest BCUT2D eigenvalue weighted by molar-refractivity contribution is -0.389. The van der Waals surface area contributed by atoms with Crippen molar-refractivity contribution in [3.05, 3.63) is 28.4 Å². The van der Waals surface area contributed by atoms with Crippen molar-refractivity contribution in [1.29, 1.82) is 0 Å². The third-order valence-corrected chi connectivity index (χ3v) is 2.71. The molecule has 1 aliphatic rings. The molecule has 0 spiro atoms. The lowest BCUT2D eigenvalue weighted by Gasteiger charge is -2.38. The summed E-state index contributed by atoms with van der Waals surface area (Å²) in [5.41, 5.74) is 0.701. The molecule has 0 aromatic carbocycles. The van der Waals surface area contributed by atoms with Crippen LogP contribution in [0.25, 0.3) is 0 Å². The number of morpholine rings is 1. The average molecular weight is 237 g/mol. The highest BCUT2D eigenvalue weighted by molar-refractivity contribution is 5.47. The molecule has 0 saturated carbocycles. The van der Waals surface area contributed by atoms with Crippen molar-refractivity contribution in [2.24, 2.45) is 0 Å². The maximum atomic E-state index is 10.5. The van der Waals surface area contributed by atoms with Crippen LogP contribution in [0.3, 0.4) is 0 Å². The van der Waals surface area contributed by atoms with Gasteiger partial charge in [-0.3, -0.25) is 0 Å². The van der Waals surface area contributed by atoms with E-state index in [4.69, 9.17) is 4.74 Å². The van der Waals surface area contributed by atoms with Crippen molar-refractivity contribution < 1.29 is 9.66 Å². The summed E-state index contributed by atoms with van der Waals surface area (Å²) in [4.78, 5) is 16.0. The first kappa shape index (κ1) is 11.8. The second-order valence-electron chi connectivity index (χ2n) is 4.66. The second kappa shape index (κ2) is 4.29. The Morgan fingerprint density at radius 1 is 1.53 bits per heavy atom. The molecule has 92 valence electrons. The van der Waals surface area contributed by atoms with Gasteiger partial charge in [-0.2, -0.15) is 0 Å². The molecule has 1 saturated heterocycles. The number of hydrogen-bond acceptors (Lipinski definition) is 5. The van der Waals surface area contributed by atoms with Crippen molar-refractivity contribution >= 4 is 11.5 Å². The zero-order chi connectivity index (χ0) is 12.5. The minimum absolute atomic E-state index is 0.124. The molecule has 6 heteroatoms. The average Bonchev–Trinajstić information content (AvgIpc) is 2.28. The molecule has 1 aromatic rings. The predicted molar refractivity (Wildman–Crippen MR) is 63.1 cm³/mol. The van der Waals surface area contributed by atoms with Crippen molar-refractivity contribution in [2.75, 3.05) is 24.6 Å². The van der Waals surface area contributed by atoms with E-state index < -0.39 is 4.92 Å². The van der Waals surface area contributed by atoms with E-state index in [-0.39, 0.29) is 11.4 Å². The topological polar surface area (TPSA) is 68.5 Å². The number of anilines is 1. The standard InChI is InChI=1S/C11H15N3O3/c1-11(2)8-13(5-6-17-11)9-3-4-10(12-7-9)14(15)16/h3-4,7H,5-6,8H2,1-2H3. The molecule has 17 heavy (non-hydrogen) atoms. The number of nitro groups is 1. The molecule has 6 nitrogen and oxygen atoms in total. The number of nitrogens with zero attached hydrogens (tertiary/aromatic N) is 3. The van der Waals surface area contributed by atoms with Gasteiger partial charge in [-0.15, -0.1) is 0 Å². The molecular formula is C11H15N3O3. The van der Waals surface area contributed by atoms with Crippen LogP contribution >= 0.6 is 0 Å². The first-order valence-corrected chi connectivity index (χ1v) is 5.47. The van der Waals surface area contributed by atoms with Gasteiger partial charge in [0.25, 0.3) is 0 Å². The van der Waals surface area contributed by atoms with Crippen molar-refractivity contribution in [3.8, 4) is 0 Å². The van der Waals surface area contributed by atoms with Gasteiger partial charge in [0.2, 0.25) is 0 Å². The maximum Gasteiger partial charge on any atom is 0.363 e. The van der Waals surface area contributed by atoms with Crippen LogP contribution in [0.1, 0.15) is 13.8 Å². The summed E-state index contributed by atoms with van der Waals surface area (Å²) < 4.78 is 5.61. The lowest BCUT2D eigenvalue weighted by Crippen LogP contribution is -2.48. The fourth-order valence-corrected chi connectivity index (χ4v) is 1.91. The number of hydrogen-bond donors (Lipinski definition) is 0. The monoisotopic (exact) mass is 237 g/mol. The fourth-order valence-electron chi connectivity index (χ4n) is 1.91. The highest BCUT2D eigenvalue weighted by Gasteiger charge is 2.28. The van der Waals surface area contributed by atoms with E-state index in [0.29, 0.717) is 6.61 Å². The molecule has 1 aliphatic heterocycles. The first-order chi connectivity index (χ1) is 7.98. The minimum Gasteiger partial charge on any atom is -0.372 e. The first-order valence-electron chi connectivity index (χ1n) is 5.47. The summed E-state index contributed by atoms with van der Waals surface area (Å²) in [6.45, 7) is 6.25. The molecule has 0 unspecified atom stereocenters. The van der Waals surface area contributed by atoms with Crippen LogP contribution in [0.4, 0.5) is 11.5 Å². The summed E-state index contributed by atoms with van der Waals surface area (Å²) in [5.74, 6) is -0.124. The Morgan fingerprint density at radius 3 is 2.82 bits per heavy atom. The Labute approximate surface area is 99.4 Å². The highest BCUT2D eigenvalue weighted by Crippen LogP contribution is 2.23. The van der Waals surface area contributed by atoms with E-state index >= 15 is 0 Å². The van der Waals surface area contributed by atoms with Crippen LogP contribution < -0.4 is 4.90 Å². The molecule has 0 bridgehead atoms. The third-order valence-electron chi connectivity index (χ3n) is 2.71. The second-order valence-corrected chi connectivity index (χ2v) is 4.66. The van der Waals surface area contributed by atoms with Crippen LogP contribution in [0.5, 0.6) is 0 Å². The Balaban J connectivity index is 2.14. The van der Waals surface area contributed by atoms with Gasteiger partial charge in [-0.1, -0.05) is 0 Å². The maximum absolute atomic E-state index is 10.5. The van der Waals surface area contributed by atoms with Gasteiger partial charge < -0.3 is 19.8 Å². The molecule has 1 fully saturated rings. The largest absolute Gasteiger partial charge is 0.372 e. The molecule has 2 rings (SSSR count). The quantitative estimate of drug-likeness (QED) is 0.577. The van der Waals surface area contributed by atoms with Crippen LogP contribution in [0.15, 0.2) is 18.3 Å². The van der Waals surface area contributed by atoms with Gasteiger partial charge >= 0.3 is 5.82 Å². The zero-order valence-electron chi connectivity index (χ0n) is 9.92. The third kappa shape index (κ3) is 2.71. The molecule has 1 aromatic heterocycles. The van der Waals surface area contributed by atoms with Gasteiger partial charge in [0.05, 0.1) is 17.9 Å². The Hall–Kier alpha value is -1.69. The molecule has 0 amide bonds. The van der Waals surface area contributed by atoms with Crippen molar-refractivity contribution in [3.63, 3.8) is 0 Å². The normalized spacial score (nSPS) is 19.1. The Bertz CT molecular complexity index is 416. The van der Waals surface area contributed by atoms with Gasteiger partial charge in [0, 0.05) is 19.2 Å². The summed E-state index contributed by atoms with van der Waals surface area (Å²) in [6, 6.07) is 3.16. The van der Waals surface area contributed by atoms with Gasteiger partial charge in [0.1, 0.15) is 0 Å². The molecule has 0 atom stereocenters. The highest BCUT2D eigenvalue weighted by atomic mass is 16.6. The van der Waals surface area contributed by atoms with Crippen LogP contribution in [0, 0.1) is 10.1 Å². The predicted octanol–water partition coefficient (Wildman–Crippen LogP) is 1.60. The molecular weight excluding hydrogens is 222 g/mol. The van der Waals surface area contributed by atoms with E-state index in [0.717, 1.165) is 18.8 Å². The number of aromatic nitrogens is 1. The lowest BCUT2D eigenvalue weighted by atomic mass is 10.1. The summed E-state index contributed by atoms with van der Waals surface area (Å²) in [6.07, 6.45) is 1.54. The zero-order valence-corrected chi connectivity index (χ0v) is 9.92. The van der Waals surface area contributed by atoms with E-state index in [9.17, 15) is 10.1 Å². The number of rotatable bonds is 2. The van der Waals surface area contributed by atoms with Gasteiger partial charge in [-0.25, -0.2) is 0 Å². The van der Waals surface area contributed by atoms with E-state index in [1.165, 1.54) is 6.07 Å².